The van der Waals surface area contributed by atoms with Gasteiger partial charge in [-0.05, 0) is 19.1 Å². The number of aromatic nitrogens is 1. The summed E-state index contributed by atoms with van der Waals surface area (Å²) in [7, 11) is -3.65. The molecule has 0 spiro atoms. The minimum absolute atomic E-state index is 0.106. The molecule has 0 unspecified atom stereocenters. The molecule has 0 fully saturated rings. The van der Waals surface area contributed by atoms with Crippen LogP contribution in [0.5, 0.6) is 0 Å². The largest absolute Gasteiger partial charge is 0.475 e. The number of carbonyl (C=O) groups is 1. The van der Waals surface area contributed by atoms with Gasteiger partial charge in [0, 0.05) is 0 Å². The number of aromatic carboxylic acids is 1. The van der Waals surface area contributed by atoms with Crippen LogP contribution in [0.15, 0.2) is 27.0 Å². The Hall–Kier alpha value is -1.71. The van der Waals surface area contributed by atoms with Crippen LogP contribution in [0.4, 0.5) is 0 Å². The molecule has 0 radical (unpaired) electrons. The second kappa shape index (κ2) is 5.11. The van der Waals surface area contributed by atoms with E-state index in [0.717, 1.165) is 11.3 Å². The highest BCUT2D eigenvalue weighted by atomic mass is 32.2. The summed E-state index contributed by atoms with van der Waals surface area (Å²) in [6, 6.07) is 2.67. The average Bonchev–Trinajstić information content (AvgIpc) is 2.95. The fraction of sp³-hybridized carbons (Fsp3) is 0.200. The van der Waals surface area contributed by atoms with Gasteiger partial charge < -0.3 is 9.52 Å². The summed E-state index contributed by atoms with van der Waals surface area (Å²) in [5, 5.41) is 9.31. The number of carboxylic acid groups (broad SMARTS) is 1. The van der Waals surface area contributed by atoms with E-state index < -0.39 is 16.0 Å². The van der Waals surface area contributed by atoms with Crippen LogP contribution in [0.25, 0.3) is 0 Å². The summed E-state index contributed by atoms with van der Waals surface area (Å²) in [6.07, 6.45) is 1.27. The Morgan fingerprint density at radius 1 is 1.53 bits per heavy atom. The van der Waals surface area contributed by atoms with E-state index >= 15 is 0 Å². The van der Waals surface area contributed by atoms with Crippen LogP contribution in [-0.4, -0.2) is 24.5 Å². The summed E-state index contributed by atoms with van der Waals surface area (Å²) in [6.45, 7) is 1.59. The van der Waals surface area contributed by atoms with E-state index in [1.165, 1.54) is 18.3 Å². The number of sulfonamides is 1. The SMILES string of the molecule is Cc1ncc(S(=O)(=O)NCc2ccc(C(=O)O)o2)s1. The molecule has 19 heavy (non-hydrogen) atoms. The van der Waals surface area contributed by atoms with Gasteiger partial charge in [-0.2, -0.15) is 0 Å². The van der Waals surface area contributed by atoms with Crippen molar-refractivity contribution in [1.29, 1.82) is 0 Å². The smallest absolute Gasteiger partial charge is 0.371 e. The fourth-order valence-corrected chi connectivity index (χ4v) is 3.44. The van der Waals surface area contributed by atoms with Gasteiger partial charge in [-0.3, -0.25) is 0 Å². The standard InChI is InChI=1S/C10H10N2O5S2/c1-6-11-5-9(18-6)19(15,16)12-4-7-2-3-8(17-7)10(13)14/h2-3,5,12H,4H2,1H3,(H,13,14). The molecule has 2 N–H and O–H groups in total. The van der Waals surface area contributed by atoms with Crippen LogP contribution >= 0.6 is 11.3 Å². The molecule has 0 atom stereocenters. The monoisotopic (exact) mass is 302 g/mol. The third-order valence-corrected chi connectivity index (χ3v) is 4.95. The second-order valence-corrected chi connectivity index (χ2v) is 6.82. The number of furan rings is 1. The first-order valence-corrected chi connectivity index (χ1v) is 7.42. The van der Waals surface area contributed by atoms with Crippen LogP contribution < -0.4 is 4.72 Å². The summed E-state index contributed by atoms with van der Waals surface area (Å²) in [5.74, 6) is -1.21. The van der Waals surface area contributed by atoms with Gasteiger partial charge in [-0.15, -0.1) is 11.3 Å². The average molecular weight is 302 g/mol. The van der Waals surface area contributed by atoms with E-state index in [-0.39, 0.29) is 22.3 Å². The van der Waals surface area contributed by atoms with E-state index in [2.05, 4.69) is 9.71 Å². The van der Waals surface area contributed by atoms with Crippen molar-refractivity contribution < 1.29 is 22.7 Å². The summed E-state index contributed by atoms with van der Waals surface area (Å²) < 4.78 is 31.1. The van der Waals surface area contributed by atoms with Crippen molar-refractivity contribution in [2.75, 3.05) is 0 Å². The molecule has 2 aromatic rings. The number of nitrogens with zero attached hydrogens (tertiary/aromatic N) is 1. The zero-order chi connectivity index (χ0) is 14.0. The Bertz CT molecular complexity index is 701. The van der Waals surface area contributed by atoms with E-state index in [0.29, 0.717) is 5.01 Å². The van der Waals surface area contributed by atoms with Gasteiger partial charge in [0.05, 0.1) is 17.7 Å². The lowest BCUT2D eigenvalue weighted by Gasteiger charge is -2.01. The molecule has 0 bridgehead atoms. The molecule has 0 aliphatic rings. The minimum atomic E-state index is -3.65. The Balaban J connectivity index is 2.07. The molecule has 0 saturated heterocycles. The van der Waals surface area contributed by atoms with Crippen molar-refractivity contribution in [3.05, 3.63) is 34.9 Å². The van der Waals surface area contributed by atoms with Crippen LogP contribution in [0.1, 0.15) is 21.3 Å². The highest BCUT2D eigenvalue weighted by molar-refractivity contribution is 7.91. The van der Waals surface area contributed by atoms with Gasteiger partial charge in [0.25, 0.3) is 10.0 Å². The molecule has 0 aliphatic carbocycles. The predicted octanol–water partition coefficient (Wildman–Crippen LogP) is 1.22. The summed E-state index contributed by atoms with van der Waals surface area (Å²) in [4.78, 5) is 14.5. The number of aryl methyl sites for hydroxylation is 1. The van der Waals surface area contributed by atoms with Gasteiger partial charge in [-0.1, -0.05) is 0 Å². The first-order chi connectivity index (χ1) is 8.88. The third kappa shape index (κ3) is 3.19. The van der Waals surface area contributed by atoms with Gasteiger partial charge in [0.1, 0.15) is 5.76 Å². The van der Waals surface area contributed by atoms with Crippen LogP contribution in [0, 0.1) is 6.92 Å². The first kappa shape index (κ1) is 13.7. The number of rotatable bonds is 5. The fourth-order valence-electron chi connectivity index (χ4n) is 1.29. The molecule has 9 heteroatoms. The first-order valence-electron chi connectivity index (χ1n) is 5.12. The quantitative estimate of drug-likeness (QED) is 0.859. The zero-order valence-corrected chi connectivity index (χ0v) is 11.4. The van der Waals surface area contributed by atoms with Crippen molar-refractivity contribution in [1.82, 2.24) is 9.71 Å². The lowest BCUT2D eigenvalue weighted by atomic mass is 10.4. The van der Waals surface area contributed by atoms with E-state index in [4.69, 9.17) is 9.52 Å². The molecule has 0 aromatic carbocycles. The number of carboxylic acids is 1. The van der Waals surface area contributed by atoms with Crippen LogP contribution in [0.2, 0.25) is 0 Å². The minimum Gasteiger partial charge on any atom is -0.475 e. The predicted molar refractivity (Wildman–Crippen MR) is 66.5 cm³/mol. The maximum absolute atomic E-state index is 11.9. The van der Waals surface area contributed by atoms with Gasteiger partial charge >= 0.3 is 5.97 Å². The number of thiazole rings is 1. The molecule has 2 heterocycles. The zero-order valence-electron chi connectivity index (χ0n) is 9.78. The molecule has 7 nitrogen and oxygen atoms in total. The third-order valence-electron chi connectivity index (χ3n) is 2.17. The van der Waals surface area contributed by atoms with Gasteiger partial charge in [-0.25, -0.2) is 22.9 Å². The Labute approximate surface area is 113 Å². The lowest BCUT2D eigenvalue weighted by Crippen LogP contribution is -2.22. The van der Waals surface area contributed by atoms with Crippen molar-refractivity contribution >= 4 is 27.3 Å². The molecule has 0 amide bonds. The Kier molecular flexibility index (Phi) is 3.69. The second-order valence-electron chi connectivity index (χ2n) is 3.59. The normalized spacial score (nSPS) is 11.6. The topological polar surface area (TPSA) is 110 Å². The Morgan fingerprint density at radius 3 is 2.79 bits per heavy atom. The van der Waals surface area contributed by atoms with E-state index in [9.17, 15) is 13.2 Å². The van der Waals surface area contributed by atoms with Crippen molar-refractivity contribution in [3.8, 4) is 0 Å². The van der Waals surface area contributed by atoms with E-state index in [1.54, 1.807) is 6.92 Å². The molecule has 2 rings (SSSR count). The Morgan fingerprint density at radius 2 is 2.26 bits per heavy atom. The van der Waals surface area contributed by atoms with Crippen LogP contribution in [0.3, 0.4) is 0 Å². The van der Waals surface area contributed by atoms with Crippen molar-refractivity contribution in [3.63, 3.8) is 0 Å². The maximum atomic E-state index is 11.9. The maximum Gasteiger partial charge on any atom is 0.371 e. The number of nitrogens with one attached hydrogen (secondary N) is 1. The summed E-state index contributed by atoms with van der Waals surface area (Å²) in [5.41, 5.74) is 0. The summed E-state index contributed by atoms with van der Waals surface area (Å²) >= 11 is 1.05. The van der Waals surface area contributed by atoms with E-state index in [1.807, 2.05) is 0 Å². The molecule has 2 aromatic heterocycles. The van der Waals surface area contributed by atoms with Crippen molar-refractivity contribution in [2.24, 2.45) is 0 Å². The molecule has 102 valence electrons. The van der Waals surface area contributed by atoms with Gasteiger partial charge in [0.2, 0.25) is 5.76 Å². The molecular weight excluding hydrogens is 292 g/mol. The van der Waals surface area contributed by atoms with Gasteiger partial charge in [0.15, 0.2) is 4.21 Å². The molecular formula is C10H10N2O5S2. The number of hydrogen-bond donors (Lipinski definition) is 2. The molecule has 0 saturated carbocycles. The highest BCUT2D eigenvalue weighted by Crippen LogP contribution is 2.18. The highest BCUT2D eigenvalue weighted by Gasteiger charge is 2.18. The lowest BCUT2D eigenvalue weighted by molar-refractivity contribution is 0.0660. The molecule has 0 aliphatic heterocycles. The van der Waals surface area contributed by atoms with Crippen molar-refractivity contribution in [2.45, 2.75) is 17.7 Å². The number of hydrogen-bond acceptors (Lipinski definition) is 6. The van der Waals surface area contributed by atoms with Crippen LogP contribution in [-0.2, 0) is 16.6 Å².